The second kappa shape index (κ2) is 5.32. The maximum atomic E-state index is 14.2. The minimum Gasteiger partial charge on any atom is -0.543 e. The summed E-state index contributed by atoms with van der Waals surface area (Å²) in [6.07, 6.45) is 0. The summed E-state index contributed by atoms with van der Waals surface area (Å²) in [5.74, 6) is -1.38. The highest BCUT2D eigenvalue weighted by Crippen LogP contribution is 2.37. The van der Waals surface area contributed by atoms with Gasteiger partial charge in [0.15, 0.2) is 5.82 Å². The van der Waals surface area contributed by atoms with Gasteiger partial charge in [-0.2, -0.15) is 0 Å². The zero-order valence-electron chi connectivity index (χ0n) is 14.2. The smallest absolute Gasteiger partial charge is 0.498 e. The van der Waals surface area contributed by atoms with E-state index in [0.717, 1.165) is 6.07 Å². The van der Waals surface area contributed by atoms with Gasteiger partial charge in [0.25, 0.3) is 0 Å². The van der Waals surface area contributed by atoms with E-state index in [2.05, 4.69) is 0 Å². The third kappa shape index (κ3) is 3.36. The van der Waals surface area contributed by atoms with Gasteiger partial charge in [0, 0.05) is 11.5 Å². The van der Waals surface area contributed by atoms with Gasteiger partial charge in [0.2, 0.25) is 8.32 Å². The second-order valence-corrected chi connectivity index (χ2v) is 12.0. The van der Waals surface area contributed by atoms with Crippen LogP contribution >= 0.6 is 0 Å². The lowest BCUT2D eigenvalue weighted by molar-refractivity contribution is 0.00578. The van der Waals surface area contributed by atoms with Crippen molar-refractivity contribution in [3.05, 3.63) is 23.8 Å². The Kier molecular flexibility index (Phi) is 4.21. The SMILES string of the molecule is CC1(C)OB(c2cc(F)cc(F)c2O[Si](C)(C)C)OC1(C)C. The molecule has 1 saturated heterocycles. The molecule has 0 bridgehead atoms. The van der Waals surface area contributed by atoms with Gasteiger partial charge < -0.3 is 13.7 Å². The topological polar surface area (TPSA) is 27.7 Å². The van der Waals surface area contributed by atoms with Crippen LogP contribution in [0.3, 0.4) is 0 Å². The molecule has 0 atom stereocenters. The zero-order chi connectivity index (χ0) is 16.9. The standard InChI is InChI=1S/C15H23BF2O3Si/c1-14(2)15(3,4)21-16(20-14)11-8-10(17)9-12(18)13(11)19-22(5,6)7/h8-9H,1-7H3. The average Bonchev–Trinajstić information content (AvgIpc) is 2.50. The highest BCUT2D eigenvalue weighted by atomic mass is 28.4. The molecule has 0 spiro atoms. The molecule has 1 aliphatic heterocycles. The Morgan fingerprint density at radius 3 is 1.95 bits per heavy atom. The van der Waals surface area contributed by atoms with E-state index in [0.29, 0.717) is 0 Å². The minimum absolute atomic E-state index is 0.0269. The van der Waals surface area contributed by atoms with Crippen molar-refractivity contribution in [3.63, 3.8) is 0 Å². The summed E-state index contributed by atoms with van der Waals surface area (Å²) in [5.41, 5.74) is -0.910. The van der Waals surface area contributed by atoms with Crippen LogP contribution in [0.4, 0.5) is 8.78 Å². The molecule has 1 heterocycles. The first-order valence-electron chi connectivity index (χ1n) is 7.36. The molecule has 7 heteroatoms. The molecule has 22 heavy (non-hydrogen) atoms. The highest BCUT2D eigenvalue weighted by molar-refractivity contribution is 6.71. The molecule has 0 radical (unpaired) electrons. The molecule has 1 aliphatic rings. The Bertz CT molecular complexity index is 569. The van der Waals surface area contributed by atoms with Gasteiger partial charge in [0.1, 0.15) is 11.6 Å². The quantitative estimate of drug-likeness (QED) is 0.795. The van der Waals surface area contributed by atoms with Crippen LogP contribution in [-0.2, 0) is 9.31 Å². The first-order chi connectivity index (χ1) is 9.82. The second-order valence-electron chi connectivity index (χ2n) is 7.61. The van der Waals surface area contributed by atoms with Gasteiger partial charge in [-0.1, -0.05) is 0 Å². The van der Waals surface area contributed by atoms with E-state index in [9.17, 15) is 8.78 Å². The molecule has 122 valence electrons. The third-order valence-corrected chi connectivity index (χ3v) is 4.77. The molecule has 0 aromatic heterocycles. The van der Waals surface area contributed by atoms with Crippen molar-refractivity contribution >= 4 is 20.9 Å². The Morgan fingerprint density at radius 1 is 1.00 bits per heavy atom. The normalized spacial score (nSPS) is 20.3. The van der Waals surface area contributed by atoms with Crippen LogP contribution in [0.1, 0.15) is 27.7 Å². The van der Waals surface area contributed by atoms with Crippen LogP contribution < -0.4 is 9.89 Å². The summed E-state index contributed by atoms with van der Waals surface area (Å²) in [6, 6.07) is 2.05. The maximum absolute atomic E-state index is 14.2. The molecule has 0 saturated carbocycles. The van der Waals surface area contributed by atoms with E-state index < -0.39 is 38.3 Å². The van der Waals surface area contributed by atoms with Gasteiger partial charge in [-0.15, -0.1) is 0 Å². The monoisotopic (exact) mass is 328 g/mol. The van der Waals surface area contributed by atoms with Gasteiger partial charge >= 0.3 is 7.12 Å². The Labute approximate surface area is 132 Å². The fraction of sp³-hybridized carbons (Fsp3) is 0.600. The first-order valence-corrected chi connectivity index (χ1v) is 10.8. The van der Waals surface area contributed by atoms with Crippen molar-refractivity contribution in [2.45, 2.75) is 58.5 Å². The largest absolute Gasteiger partial charge is 0.543 e. The summed E-state index contributed by atoms with van der Waals surface area (Å²) >= 11 is 0. The van der Waals surface area contributed by atoms with Gasteiger partial charge in [-0.25, -0.2) is 8.78 Å². The fourth-order valence-electron chi connectivity index (χ4n) is 2.14. The van der Waals surface area contributed by atoms with Crippen LogP contribution in [0.25, 0.3) is 0 Å². The van der Waals surface area contributed by atoms with Crippen LogP contribution in [0.15, 0.2) is 12.1 Å². The van der Waals surface area contributed by atoms with E-state index in [1.807, 2.05) is 47.3 Å². The summed E-state index contributed by atoms with van der Waals surface area (Å²) < 4.78 is 45.5. The summed E-state index contributed by atoms with van der Waals surface area (Å²) in [7, 11) is -2.93. The molecule has 0 N–H and O–H groups in total. The minimum atomic E-state index is -2.07. The van der Waals surface area contributed by atoms with Crippen molar-refractivity contribution in [1.82, 2.24) is 0 Å². The molecule has 1 aromatic carbocycles. The van der Waals surface area contributed by atoms with Crippen LogP contribution in [0, 0.1) is 11.6 Å². The predicted molar refractivity (Wildman–Crippen MR) is 86.0 cm³/mol. The average molecular weight is 328 g/mol. The van der Waals surface area contributed by atoms with Gasteiger partial charge in [0.05, 0.1) is 11.2 Å². The number of benzene rings is 1. The molecular weight excluding hydrogens is 305 g/mol. The molecule has 2 rings (SSSR count). The number of hydrogen-bond acceptors (Lipinski definition) is 3. The zero-order valence-corrected chi connectivity index (χ0v) is 15.2. The van der Waals surface area contributed by atoms with Crippen molar-refractivity contribution in [1.29, 1.82) is 0 Å². The molecule has 0 aliphatic carbocycles. The molecule has 3 nitrogen and oxygen atoms in total. The Balaban J connectivity index is 2.47. The van der Waals surface area contributed by atoms with E-state index in [1.54, 1.807) is 0 Å². The predicted octanol–water partition coefficient (Wildman–Crippen LogP) is 3.48. The summed E-state index contributed by atoms with van der Waals surface area (Å²) in [6.45, 7) is 13.4. The molecular formula is C15H23BF2O3Si. The molecule has 1 fully saturated rings. The van der Waals surface area contributed by atoms with Gasteiger partial charge in [-0.05, 0) is 53.4 Å². The number of halogens is 2. The first kappa shape index (κ1) is 17.4. The Hall–Kier alpha value is -0.918. The summed E-state index contributed by atoms with van der Waals surface area (Å²) in [4.78, 5) is 0. The lowest BCUT2D eigenvalue weighted by Crippen LogP contribution is -2.41. The lowest BCUT2D eigenvalue weighted by atomic mass is 9.78. The van der Waals surface area contributed by atoms with Crippen molar-refractivity contribution in [2.24, 2.45) is 0 Å². The number of hydrogen-bond donors (Lipinski definition) is 0. The summed E-state index contributed by atoms with van der Waals surface area (Å²) in [5, 5.41) is 0. The van der Waals surface area contributed by atoms with E-state index >= 15 is 0 Å². The highest BCUT2D eigenvalue weighted by Gasteiger charge is 2.53. The van der Waals surface area contributed by atoms with Crippen molar-refractivity contribution < 1.29 is 22.5 Å². The maximum Gasteiger partial charge on any atom is 0.498 e. The number of rotatable bonds is 3. The fourth-order valence-corrected chi connectivity index (χ4v) is 2.97. The van der Waals surface area contributed by atoms with Gasteiger partial charge in [-0.3, -0.25) is 0 Å². The van der Waals surface area contributed by atoms with E-state index in [-0.39, 0.29) is 11.2 Å². The molecule has 0 unspecified atom stereocenters. The van der Waals surface area contributed by atoms with E-state index in [4.69, 9.17) is 13.7 Å². The third-order valence-electron chi connectivity index (χ3n) is 3.95. The van der Waals surface area contributed by atoms with E-state index in [1.165, 1.54) is 6.07 Å². The van der Waals surface area contributed by atoms with Crippen LogP contribution in [0.2, 0.25) is 19.6 Å². The lowest BCUT2D eigenvalue weighted by Gasteiger charge is -2.32. The van der Waals surface area contributed by atoms with Crippen molar-refractivity contribution in [2.75, 3.05) is 0 Å². The molecule has 0 amide bonds. The Morgan fingerprint density at radius 2 is 1.50 bits per heavy atom. The molecule has 1 aromatic rings. The van der Waals surface area contributed by atoms with Crippen molar-refractivity contribution in [3.8, 4) is 5.75 Å². The van der Waals surface area contributed by atoms with Crippen LogP contribution in [0.5, 0.6) is 5.75 Å². The van der Waals surface area contributed by atoms with Crippen LogP contribution in [-0.4, -0.2) is 26.6 Å².